The number of nitrogens with zero attached hydrogens (tertiary/aromatic N) is 1. The number of aliphatic imine (C=N–C) groups is 1. The van der Waals surface area contributed by atoms with Gasteiger partial charge in [-0.25, -0.2) is 4.99 Å². The lowest BCUT2D eigenvalue weighted by atomic mass is 9.99. The Morgan fingerprint density at radius 2 is 1.16 bits per heavy atom. The van der Waals surface area contributed by atoms with E-state index in [1.54, 1.807) is 0 Å². The van der Waals surface area contributed by atoms with Crippen LogP contribution < -0.4 is 9.47 Å². The van der Waals surface area contributed by atoms with Gasteiger partial charge in [-0.15, -0.1) is 0 Å². The Morgan fingerprint density at radius 3 is 1.84 bits per heavy atom. The van der Waals surface area contributed by atoms with Crippen molar-refractivity contribution in [2.75, 3.05) is 6.61 Å². The molecule has 0 unspecified atom stereocenters. The molecule has 0 aliphatic carbocycles. The average Bonchev–Trinajstić information content (AvgIpc) is 2.85. The third-order valence-electron chi connectivity index (χ3n) is 5.54. The number of hydrogen-bond donors (Lipinski definition) is 0. The van der Waals surface area contributed by atoms with Crippen LogP contribution in [-0.2, 0) is 6.42 Å². The molecule has 0 atom stereocenters. The third kappa shape index (κ3) is 4.89. The molecular formula is C29H25NO2. The fourth-order valence-electron chi connectivity index (χ4n) is 3.80. The maximum atomic E-state index is 6.03. The first-order chi connectivity index (χ1) is 15.8. The zero-order valence-electron chi connectivity index (χ0n) is 17.9. The van der Waals surface area contributed by atoms with Crippen LogP contribution in [0.3, 0.4) is 0 Å². The topological polar surface area (TPSA) is 30.8 Å². The number of aryl methyl sites for hydroxylation is 1. The molecular weight excluding hydrogens is 394 g/mol. The minimum Gasteiger partial charge on any atom is -0.494 e. The first-order valence-corrected chi connectivity index (χ1v) is 11.1. The predicted octanol–water partition coefficient (Wildman–Crippen LogP) is 7.36. The molecule has 0 N–H and O–H groups in total. The van der Waals surface area contributed by atoms with Crippen molar-refractivity contribution in [2.24, 2.45) is 4.99 Å². The molecule has 3 heteroatoms. The summed E-state index contributed by atoms with van der Waals surface area (Å²) in [5.74, 6) is 2.45. The van der Waals surface area contributed by atoms with Crippen molar-refractivity contribution >= 4 is 11.4 Å². The van der Waals surface area contributed by atoms with E-state index in [0.717, 1.165) is 59.0 Å². The lowest BCUT2D eigenvalue weighted by Crippen LogP contribution is -2.03. The van der Waals surface area contributed by atoms with Crippen LogP contribution in [0.15, 0.2) is 108 Å². The molecule has 4 aromatic rings. The highest BCUT2D eigenvalue weighted by Gasteiger charge is 2.09. The Hall–Kier alpha value is -3.85. The highest BCUT2D eigenvalue weighted by Crippen LogP contribution is 2.26. The Bertz CT molecular complexity index is 1180. The summed E-state index contributed by atoms with van der Waals surface area (Å²) >= 11 is 0. The van der Waals surface area contributed by atoms with Gasteiger partial charge in [0, 0.05) is 11.1 Å². The van der Waals surface area contributed by atoms with Crippen molar-refractivity contribution in [3.05, 3.63) is 120 Å². The van der Waals surface area contributed by atoms with E-state index >= 15 is 0 Å². The lowest BCUT2D eigenvalue weighted by Gasteiger charge is -2.11. The summed E-state index contributed by atoms with van der Waals surface area (Å²) in [7, 11) is 0. The van der Waals surface area contributed by atoms with Gasteiger partial charge in [-0.3, -0.25) is 0 Å². The number of benzene rings is 4. The van der Waals surface area contributed by atoms with Crippen LogP contribution >= 0.6 is 0 Å². The van der Waals surface area contributed by atoms with Crippen LogP contribution in [0.4, 0.5) is 5.69 Å². The normalized spacial score (nSPS) is 14.9. The Kier molecular flexibility index (Phi) is 5.98. The second-order valence-corrected chi connectivity index (χ2v) is 7.90. The molecule has 0 saturated carbocycles. The van der Waals surface area contributed by atoms with Crippen molar-refractivity contribution in [3.63, 3.8) is 0 Å². The van der Waals surface area contributed by atoms with Gasteiger partial charge in [0.05, 0.1) is 18.0 Å². The quantitative estimate of drug-likeness (QED) is 0.323. The molecule has 5 heterocycles. The Morgan fingerprint density at radius 1 is 0.562 bits per heavy atom. The fraction of sp³-hybridized carbons (Fsp3) is 0.138. The van der Waals surface area contributed by atoms with E-state index in [1.807, 2.05) is 66.7 Å². The third-order valence-corrected chi connectivity index (χ3v) is 5.54. The van der Waals surface area contributed by atoms with E-state index in [0.29, 0.717) is 6.61 Å². The summed E-state index contributed by atoms with van der Waals surface area (Å²) in [5.41, 5.74) is 5.37. The van der Waals surface area contributed by atoms with Crippen LogP contribution in [0, 0.1) is 0 Å². The van der Waals surface area contributed by atoms with Crippen LogP contribution in [0.25, 0.3) is 0 Å². The minimum atomic E-state index is 0.716. The molecule has 158 valence electrons. The van der Waals surface area contributed by atoms with Crippen molar-refractivity contribution in [1.29, 1.82) is 0 Å². The first-order valence-electron chi connectivity index (χ1n) is 11.1. The van der Waals surface area contributed by atoms with Crippen LogP contribution in [0.2, 0.25) is 0 Å². The molecule has 6 bridgehead atoms. The van der Waals surface area contributed by atoms with Gasteiger partial charge in [0.15, 0.2) is 0 Å². The van der Waals surface area contributed by atoms with E-state index in [1.165, 1.54) is 5.56 Å². The smallest absolute Gasteiger partial charge is 0.127 e. The molecule has 0 radical (unpaired) electrons. The molecule has 0 amide bonds. The fourth-order valence-corrected chi connectivity index (χ4v) is 3.80. The lowest BCUT2D eigenvalue weighted by molar-refractivity contribution is 0.306. The van der Waals surface area contributed by atoms with Crippen LogP contribution in [-0.4, -0.2) is 12.3 Å². The number of para-hydroxylation sites is 1. The maximum Gasteiger partial charge on any atom is 0.127 e. The maximum absolute atomic E-state index is 6.03. The van der Waals surface area contributed by atoms with Gasteiger partial charge in [0.25, 0.3) is 0 Å². The van der Waals surface area contributed by atoms with Gasteiger partial charge < -0.3 is 9.47 Å². The summed E-state index contributed by atoms with van der Waals surface area (Å²) in [6, 6.07) is 34.8. The molecule has 0 aromatic heterocycles. The largest absolute Gasteiger partial charge is 0.494 e. The predicted molar refractivity (Wildman–Crippen MR) is 130 cm³/mol. The monoisotopic (exact) mass is 419 g/mol. The molecule has 5 aliphatic rings. The van der Waals surface area contributed by atoms with Crippen molar-refractivity contribution in [1.82, 2.24) is 0 Å². The first kappa shape index (κ1) is 20.1. The van der Waals surface area contributed by atoms with Crippen molar-refractivity contribution in [2.45, 2.75) is 19.3 Å². The number of hydrogen-bond acceptors (Lipinski definition) is 3. The molecule has 0 spiro atoms. The molecule has 32 heavy (non-hydrogen) atoms. The molecule has 4 aromatic carbocycles. The summed E-state index contributed by atoms with van der Waals surface area (Å²) in [4.78, 5) is 4.98. The number of rotatable bonds is 1. The van der Waals surface area contributed by atoms with Crippen LogP contribution in [0.5, 0.6) is 17.2 Å². The van der Waals surface area contributed by atoms with Gasteiger partial charge in [-0.1, -0.05) is 42.5 Å². The Balaban J connectivity index is 1.53. The summed E-state index contributed by atoms with van der Waals surface area (Å²) < 4.78 is 11.9. The molecule has 0 saturated heterocycles. The minimum absolute atomic E-state index is 0.716. The molecule has 5 aliphatic heterocycles. The summed E-state index contributed by atoms with van der Waals surface area (Å²) in [5, 5.41) is 0. The molecule has 9 rings (SSSR count). The molecule has 3 nitrogen and oxygen atoms in total. The summed E-state index contributed by atoms with van der Waals surface area (Å²) in [6.07, 6.45) is 3.15. The standard InChI is InChI=1S/C29H25NO2/c1-2-7-25(8-3-1)30-29-23-11-9-22(10-12-23)6-4-5-21-31-26-17-19-28(20-18-26)32-27-15-13-24(29)14-16-27/h1-3,7-20H,4-6,21H2/b30-29+. The second kappa shape index (κ2) is 9.52. The van der Waals surface area contributed by atoms with E-state index < -0.39 is 0 Å². The summed E-state index contributed by atoms with van der Waals surface area (Å²) in [6.45, 7) is 0.716. The Labute approximate surface area is 189 Å². The number of fused-ring (bicyclic) bond motifs is 1. The van der Waals surface area contributed by atoms with Gasteiger partial charge in [0.1, 0.15) is 17.2 Å². The van der Waals surface area contributed by atoms with Gasteiger partial charge in [0.2, 0.25) is 0 Å². The van der Waals surface area contributed by atoms with E-state index in [9.17, 15) is 0 Å². The highest BCUT2D eigenvalue weighted by molar-refractivity contribution is 6.14. The van der Waals surface area contributed by atoms with Gasteiger partial charge in [-0.2, -0.15) is 0 Å². The van der Waals surface area contributed by atoms with Crippen molar-refractivity contribution < 1.29 is 9.47 Å². The van der Waals surface area contributed by atoms with Gasteiger partial charge in [-0.05, 0) is 85.5 Å². The second-order valence-electron chi connectivity index (χ2n) is 7.90. The number of ether oxygens (including phenoxy) is 2. The SMILES string of the molecule is c1ccc(/N=C2\c3ccc(cc3)CCCCOc3ccc(cc3)Oc3ccc2cc3)cc1. The van der Waals surface area contributed by atoms with E-state index in [4.69, 9.17) is 14.5 Å². The van der Waals surface area contributed by atoms with E-state index in [-0.39, 0.29) is 0 Å². The molecule has 0 fully saturated rings. The average molecular weight is 420 g/mol. The van der Waals surface area contributed by atoms with Crippen molar-refractivity contribution in [3.8, 4) is 17.2 Å². The van der Waals surface area contributed by atoms with E-state index in [2.05, 4.69) is 36.4 Å². The van der Waals surface area contributed by atoms with Gasteiger partial charge >= 0.3 is 0 Å². The zero-order valence-corrected chi connectivity index (χ0v) is 17.9. The zero-order chi connectivity index (χ0) is 21.6. The van der Waals surface area contributed by atoms with Crippen LogP contribution in [0.1, 0.15) is 29.5 Å². The highest BCUT2D eigenvalue weighted by atomic mass is 16.5.